The second-order valence-electron chi connectivity index (χ2n) is 11.2. The molecule has 33 heavy (non-hydrogen) atoms. The van der Waals surface area contributed by atoms with Crippen molar-refractivity contribution in [3.05, 3.63) is 41.6 Å². The van der Waals surface area contributed by atoms with Gasteiger partial charge in [-0.2, -0.15) is 4.98 Å². The summed E-state index contributed by atoms with van der Waals surface area (Å²) in [5, 5.41) is 3.41. The maximum Gasteiger partial charge on any atom is 0.228 e. The third-order valence-corrected chi connectivity index (χ3v) is 8.51. The Kier molecular flexibility index (Phi) is 5.07. The summed E-state index contributed by atoms with van der Waals surface area (Å²) >= 11 is 0. The Morgan fingerprint density at radius 1 is 0.909 bits per heavy atom. The van der Waals surface area contributed by atoms with Crippen LogP contribution < -0.4 is 10.2 Å². The number of nitrogens with one attached hydrogen (secondary N) is 1. The van der Waals surface area contributed by atoms with Gasteiger partial charge in [0.2, 0.25) is 11.9 Å². The van der Waals surface area contributed by atoms with Crippen LogP contribution in [0.1, 0.15) is 49.8 Å². The molecule has 4 bridgehead atoms. The first-order valence-corrected chi connectivity index (χ1v) is 12.7. The molecule has 0 atom stereocenters. The largest absolute Gasteiger partial charge is 0.340 e. The first-order valence-electron chi connectivity index (χ1n) is 12.7. The summed E-state index contributed by atoms with van der Waals surface area (Å²) in [6, 6.07) is 10.3. The molecule has 2 heterocycles. The first-order chi connectivity index (χ1) is 16.0. The van der Waals surface area contributed by atoms with Crippen LogP contribution in [-0.4, -0.2) is 47.0 Å². The van der Waals surface area contributed by atoms with E-state index in [1.54, 1.807) is 0 Å². The number of carbonyl (C=O) groups excluding carboxylic acids is 1. The highest BCUT2D eigenvalue weighted by Gasteiger charge is 2.55. The number of aromatic nitrogens is 2. The van der Waals surface area contributed by atoms with E-state index < -0.39 is 0 Å². The monoisotopic (exact) mass is 445 g/mol. The van der Waals surface area contributed by atoms with E-state index in [2.05, 4.69) is 46.3 Å². The van der Waals surface area contributed by atoms with Gasteiger partial charge >= 0.3 is 0 Å². The number of piperazine rings is 1. The van der Waals surface area contributed by atoms with Crippen LogP contribution in [0.25, 0.3) is 0 Å². The second-order valence-corrected chi connectivity index (χ2v) is 11.2. The molecule has 6 nitrogen and oxygen atoms in total. The highest BCUT2D eigenvalue weighted by Crippen LogP contribution is 2.60. The molecule has 0 radical (unpaired) electrons. The molecular weight excluding hydrogens is 410 g/mol. The van der Waals surface area contributed by atoms with Crippen molar-refractivity contribution in [2.24, 2.45) is 23.2 Å². The highest BCUT2D eigenvalue weighted by molar-refractivity contribution is 5.83. The van der Waals surface area contributed by atoms with E-state index in [0.717, 1.165) is 86.3 Å². The van der Waals surface area contributed by atoms with Crippen molar-refractivity contribution in [1.29, 1.82) is 0 Å². The van der Waals surface area contributed by atoms with E-state index in [0.29, 0.717) is 5.91 Å². The Balaban J connectivity index is 1.12. The lowest BCUT2D eigenvalue weighted by Crippen LogP contribution is -2.58. The smallest absolute Gasteiger partial charge is 0.228 e. The molecule has 5 aliphatic rings. The molecule has 1 aromatic carbocycles. The maximum absolute atomic E-state index is 13.7. The standard InChI is InChI=1S/C27H35N5O/c1-18-3-5-23(6-4-18)29-24-11-19(2)28-26(30-24)32-9-7-31(8-10-32)25(33)27-15-20-12-21(16-27)14-22(13-20)17-27/h3-6,11,20-22H,7-10,12-17H2,1-2H3,(H,28,29,30). The molecule has 0 unspecified atom stereocenters. The van der Waals surface area contributed by atoms with E-state index in [1.807, 2.05) is 13.0 Å². The maximum atomic E-state index is 13.7. The topological polar surface area (TPSA) is 61.4 Å². The minimum atomic E-state index is -0.0398. The Bertz CT molecular complexity index is 1010. The van der Waals surface area contributed by atoms with Gasteiger partial charge in [-0.05, 0) is 82.3 Å². The summed E-state index contributed by atoms with van der Waals surface area (Å²) in [7, 11) is 0. The van der Waals surface area contributed by atoms with Gasteiger partial charge in [-0.25, -0.2) is 4.98 Å². The number of amides is 1. The van der Waals surface area contributed by atoms with Gasteiger partial charge in [0, 0.05) is 43.6 Å². The fourth-order valence-electron chi connectivity index (χ4n) is 7.36. The van der Waals surface area contributed by atoms with Gasteiger partial charge in [0.05, 0.1) is 5.41 Å². The lowest BCUT2D eigenvalue weighted by atomic mass is 9.49. The molecule has 1 aromatic heterocycles. The number of rotatable bonds is 4. The Morgan fingerprint density at radius 3 is 2.12 bits per heavy atom. The third kappa shape index (κ3) is 3.98. The number of hydrogen-bond acceptors (Lipinski definition) is 5. The van der Waals surface area contributed by atoms with Crippen LogP contribution in [0.3, 0.4) is 0 Å². The SMILES string of the molecule is Cc1ccc(Nc2cc(C)nc(N3CCN(C(=O)C45CC6CC(CC(C6)C4)C5)CC3)n2)cc1. The summed E-state index contributed by atoms with van der Waals surface area (Å²) in [4.78, 5) is 27.6. The molecule has 174 valence electrons. The number of benzene rings is 1. The molecule has 6 heteroatoms. The van der Waals surface area contributed by atoms with Crippen molar-refractivity contribution in [1.82, 2.24) is 14.9 Å². The molecule has 1 saturated heterocycles. The summed E-state index contributed by atoms with van der Waals surface area (Å²) in [6.07, 6.45) is 7.57. The van der Waals surface area contributed by atoms with Crippen molar-refractivity contribution >= 4 is 23.4 Å². The van der Waals surface area contributed by atoms with Gasteiger partial charge in [0.25, 0.3) is 0 Å². The van der Waals surface area contributed by atoms with Crippen LogP contribution in [0.2, 0.25) is 0 Å². The summed E-state index contributed by atoms with van der Waals surface area (Å²) in [5.74, 6) is 4.44. The quantitative estimate of drug-likeness (QED) is 0.739. The summed E-state index contributed by atoms with van der Waals surface area (Å²) in [6.45, 7) is 7.25. The summed E-state index contributed by atoms with van der Waals surface area (Å²) < 4.78 is 0. The van der Waals surface area contributed by atoms with Crippen LogP contribution in [0, 0.1) is 37.0 Å². The first kappa shape index (κ1) is 20.9. The fraction of sp³-hybridized carbons (Fsp3) is 0.593. The van der Waals surface area contributed by atoms with E-state index in [1.165, 1.54) is 24.8 Å². The van der Waals surface area contributed by atoms with Crippen molar-refractivity contribution in [2.45, 2.75) is 52.4 Å². The van der Waals surface area contributed by atoms with Gasteiger partial charge in [0.1, 0.15) is 5.82 Å². The lowest BCUT2D eigenvalue weighted by Gasteiger charge is -2.57. The number of hydrogen-bond donors (Lipinski definition) is 1. The van der Waals surface area contributed by atoms with Crippen LogP contribution in [0.5, 0.6) is 0 Å². The van der Waals surface area contributed by atoms with E-state index in [-0.39, 0.29) is 5.41 Å². The van der Waals surface area contributed by atoms with Gasteiger partial charge in [-0.1, -0.05) is 17.7 Å². The molecule has 1 amide bonds. The molecule has 4 saturated carbocycles. The average molecular weight is 446 g/mol. The van der Waals surface area contributed by atoms with Gasteiger partial charge in [0.15, 0.2) is 0 Å². The molecule has 1 N–H and O–H groups in total. The normalized spacial score (nSPS) is 30.5. The molecule has 7 rings (SSSR count). The van der Waals surface area contributed by atoms with Crippen LogP contribution >= 0.6 is 0 Å². The minimum absolute atomic E-state index is 0.0398. The molecule has 4 aliphatic carbocycles. The Labute approximate surface area is 196 Å². The predicted octanol–water partition coefficient (Wildman–Crippen LogP) is 4.70. The van der Waals surface area contributed by atoms with Gasteiger partial charge in [-0.15, -0.1) is 0 Å². The Morgan fingerprint density at radius 2 is 1.52 bits per heavy atom. The van der Waals surface area contributed by atoms with Crippen LogP contribution in [0.4, 0.5) is 17.5 Å². The van der Waals surface area contributed by atoms with Crippen molar-refractivity contribution in [3.8, 4) is 0 Å². The third-order valence-electron chi connectivity index (χ3n) is 8.51. The van der Waals surface area contributed by atoms with Gasteiger partial charge < -0.3 is 15.1 Å². The number of carbonyl (C=O) groups is 1. The zero-order valence-electron chi connectivity index (χ0n) is 19.9. The zero-order valence-corrected chi connectivity index (χ0v) is 19.9. The molecular formula is C27H35N5O. The van der Waals surface area contributed by atoms with Crippen LogP contribution in [-0.2, 0) is 4.79 Å². The lowest BCUT2D eigenvalue weighted by molar-refractivity contribution is -0.158. The number of anilines is 3. The van der Waals surface area contributed by atoms with E-state index >= 15 is 0 Å². The van der Waals surface area contributed by atoms with Crippen molar-refractivity contribution in [2.75, 3.05) is 36.4 Å². The molecule has 5 fully saturated rings. The second kappa shape index (κ2) is 8.00. The number of aryl methyl sites for hydroxylation is 2. The number of nitrogens with zero attached hydrogens (tertiary/aromatic N) is 4. The van der Waals surface area contributed by atoms with Crippen molar-refractivity contribution in [3.63, 3.8) is 0 Å². The van der Waals surface area contributed by atoms with E-state index in [4.69, 9.17) is 9.97 Å². The molecule has 1 aliphatic heterocycles. The average Bonchev–Trinajstić information content (AvgIpc) is 2.79. The van der Waals surface area contributed by atoms with Crippen LogP contribution in [0.15, 0.2) is 30.3 Å². The van der Waals surface area contributed by atoms with Gasteiger partial charge in [-0.3, -0.25) is 4.79 Å². The Hall–Kier alpha value is -2.63. The molecule has 0 spiro atoms. The van der Waals surface area contributed by atoms with E-state index in [9.17, 15) is 4.79 Å². The summed E-state index contributed by atoms with van der Waals surface area (Å²) in [5.41, 5.74) is 3.17. The zero-order chi connectivity index (χ0) is 22.6. The fourth-order valence-corrected chi connectivity index (χ4v) is 7.36. The highest BCUT2D eigenvalue weighted by atomic mass is 16.2. The molecule has 2 aromatic rings. The minimum Gasteiger partial charge on any atom is -0.340 e. The predicted molar refractivity (Wildman–Crippen MR) is 131 cm³/mol. The van der Waals surface area contributed by atoms with Crippen molar-refractivity contribution < 1.29 is 4.79 Å².